The van der Waals surface area contributed by atoms with Crippen LogP contribution in [0.2, 0.25) is 0 Å². The highest BCUT2D eigenvalue weighted by Crippen LogP contribution is 2.35. The second-order valence-electron chi connectivity index (χ2n) is 2.72. The van der Waals surface area contributed by atoms with Crippen LogP contribution >= 0.6 is 22.6 Å². The lowest BCUT2D eigenvalue weighted by Gasteiger charge is -2.17. The normalized spacial score (nSPS) is 14.1. The van der Waals surface area contributed by atoms with Gasteiger partial charge in [0.2, 0.25) is 0 Å². The minimum Gasteiger partial charge on any atom is -0.508 e. The molecule has 0 aliphatic rings. The van der Waals surface area contributed by atoms with Crippen LogP contribution in [0.4, 0.5) is 13.2 Å². The third-order valence-corrected chi connectivity index (χ3v) is 2.35. The van der Waals surface area contributed by atoms with E-state index in [1.807, 2.05) is 22.6 Å². The average molecular weight is 317 g/mol. The summed E-state index contributed by atoms with van der Waals surface area (Å²) >= 11 is 1.85. The number of phenols is 1. The van der Waals surface area contributed by atoms with Crippen molar-refractivity contribution >= 4 is 22.6 Å². The number of halogens is 4. The molecule has 14 heavy (non-hydrogen) atoms. The third-order valence-electron chi connectivity index (χ3n) is 1.68. The lowest BCUT2D eigenvalue weighted by molar-refractivity contribution is -0.149. The largest absolute Gasteiger partial charge is 0.508 e. The van der Waals surface area contributed by atoms with Gasteiger partial charge in [-0.05, 0) is 40.8 Å². The molecule has 0 saturated heterocycles. The highest BCUT2D eigenvalue weighted by molar-refractivity contribution is 14.1. The maximum atomic E-state index is 12.2. The zero-order chi connectivity index (χ0) is 10.9. The first kappa shape index (κ1) is 11.6. The van der Waals surface area contributed by atoms with Crippen molar-refractivity contribution in [1.29, 1.82) is 0 Å². The molecule has 0 saturated carbocycles. The Balaban J connectivity index is 3.12. The van der Waals surface area contributed by atoms with Crippen molar-refractivity contribution in [3.05, 3.63) is 27.3 Å². The number of benzene rings is 1. The number of hydrogen-bond acceptors (Lipinski definition) is 2. The Hall–Kier alpha value is -0.500. The van der Waals surface area contributed by atoms with Crippen LogP contribution in [-0.2, 0) is 0 Å². The molecule has 0 aromatic heterocycles. The van der Waals surface area contributed by atoms with Crippen LogP contribution in [0.1, 0.15) is 11.6 Å². The molecule has 0 radical (unpaired) electrons. The van der Waals surface area contributed by atoms with E-state index in [1.165, 1.54) is 18.2 Å². The molecule has 0 heterocycles. The molecule has 0 unspecified atom stereocenters. The summed E-state index contributed by atoms with van der Waals surface area (Å²) in [5.41, 5.74) is 4.65. The Morgan fingerprint density at radius 1 is 1.36 bits per heavy atom. The van der Waals surface area contributed by atoms with Crippen LogP contribution < -0.4 is 5.73 Å². The molecule has 0 spiro atoms. The van der Waals surface area contributed by atoms with Gasteiger partial charge in [0.1, 0.15) is 11.8 Å². The maximum Gasteiger partial charge on any atom is 0.407 e. The number of rotatable bonds is 1. The SMILES string of the molecule is N[C@@H](c1cc(I)ccc1O)C(F)(F)F. The van der Waals surface area contributed by atoms with Gasteiger partial charge in [0.05, 0.1) is 0 Å². The molecule has 6 heteroatoms. The van der Waals surface area contributed by atoms with Crippen LogP contribution in [0.15, 0.2) is 18.2 Å². The van der Waals surface area contributed by atoms with Gasteiger partial charge in [0.15, 0.2) is 0 Å². The predicted molar refractivity (Wildman–Crippen MR) is 53.8 cm³/mol. The van der Waals surface area contributed by atoms with Crippen LogP contribution in [0.5, 0.6) is 5.75 Å². The Morgan fingerprint density at radius 3 is 2.43 bits per heavy atom. The van der Waals surface area contributed by atoms with E-state index in [2.05, 4.69) is 0 Å². The molecule has 0 fully saturated rings. The minimum atomic E-state index is -4.54. The Kier molecular flexibility index (Phi) is 3.25. The zero-order valence-electron chi connectivity index (χ0n) is 6.85. The Morgan fingerprint density at radius 2 is 1.93 bits per heavy atom. The van der Waals surface area contributed by atoms with Gasteiger partial charge < -0.3 is 10.8 Å². The lowest BCUT2D eigenvalue weighted by atomic mass is 10.1. The fraction of sp³-hybridized carbons (Fsp3) is 0.250. The summed E-state index contributed by atoms with van der Waals surface area (Å²) in [5.74, 6) is -0.435. The summed E-state index contributed by atoms with van der Waals surface area (Å²) in [4.78, 5) is 0. The molecule has 1 atom stereocenters. The van der Waals surface area contributed by atoms with Gasteiger partial charge in [0.25, 0.3) is 0 Å². The van der Waals surface area contributed by atoms with Gasteiger partial charge >= 0.3 is 6.18 Å². The van der Waals surface area contributed by atoms with Gasteiger partial charge in [-0.3, -0.25) is 0 Å². The number of phenolic OH excluding ortho intramolecular Hbond substituents is 1. The molecular weight excluding hydrogens is 310 g/mol. The van der Waals surface area contributed by atoms with Crippen molar-refractivity contribution < 1.29 is 18.3 Å². The topological polar surface area (TPSA) is 46.2 Å². The van der Waals surface area contributed by atoms with Crippen molar-refractivity contribution in [3.63, 3.8) is 0 Å². The second kappa shape index (κ2) is 3.93. The van der Waals surface area contributed by atoms with E-state index < -0.39 is 18.0 Å². The fourth-order valence-corrected chi connectivity index (χ4v) is 1.47. The van der Waals surface area contributed by atoms with Crippen molar-refractivity contribution in [2.75, 3.05) is 0 Å². The smallest absolute Gasteiger partial charge is 0.407 e. The predicted octanol–water partition coefficient (Wildman–Crippen LogP) is 2.56. The molecule has 1 rings (SSSR count). The van der Waals surface area contributed by atoms with E-state index in [-0.39, 0.29) is 5.56 Å². The van der Waals surface area contributed by atoms with Crippen molar-refractivity contribution in [2.45, 2.75) is 12.2 Å². The van der Waals surface area contributed by atoms with Gasteiger partial charge in [-0.25, -0.2) is 0 Å². The van der Waals surface area contributed by atoms with E-state index in [1.54, 1.807) is 0 Å². The van der Waals surface area contributed by atoms with E-state index in [4.69, 9.17) is 5.73 Å². The third kappa shape index (κ3) is 2.50. The molecule has 2 nitrogen and oxygen atoms in total. The number of aromatic hydroxyl groups is 1. The number of nitrogens with two attached hydrogens (primary N) is 1. The minimum absolute atomic E-state index is 0.301. The zero-order valence-corrected chi connectivity index (χ0v) is 9.00. The summed E-state index contributed by atoms with van der Waals surface area (Å²) in [6, 6.07) is 1.77. The molecule has 78 valence electrons. The van der Waals surface area contributed by atoms with Crippen molar-refractivity contribution in [1.82, 2.24) is 0 Å². The van der Waals surface area contributed by atoms with Gasteiger partial charge in [0, 0.05) is 9.13 Å². The van der Waals surface area contributed by atoms with E-state index >= 15 is 0 Å². The molecule has 1 aromatic rings. The van der Waals surface area contributed by atoms with Crippen LogP contribution in [-0.4, -0.2) is 11.3 Å². The fourth-order valence-electron chi connectivity index (χ4n) is 0.951. The van der Waals surface area contributed by atoms with Crippen LogP contribution in [0.25, 0.3) is 0 Å². The average Bonchev–Trinajstić information content (AvgIpc) is 2.06. The molecule has 0 aliphatic carbocycles. The van der Waals surface area contributed by atoms with Crippen molar-refractivity contribution in [2.24, 2.45) is 5.73 Å². The quantitative estimate of drug-likeness (QED) is 0.782. The molecular formula is C8H7F3INO. The van der Waals surface area contributed by atoms with Gasteiger partial charge in [-0.15, -0.1) is 0 Å². The first-order valence-corrected chi connectivity index (χ1v) is 4.71. The lowest BCUT2D eigenvalue weighted by Crippen LogP contribution is -2.28. The molecule has 0 amide bonds. The molecule has 0 bridgehead atoms. The summed E-state index contributed by atoms with van der Waals surface area (Å²) < 4.78 is 37.2. The molecule has 1 aromatic carbocycles. The van der Waals surface area contributed by atoms with Gasteiger partial charge in [-0.2, -0.15) is 13.2 Å². The summed E-state index contributed by atoms with van der Waals surface area (Å²) in [6.07, 6.45) is -4.54. The highest BCUT2D eigenvalue weighted by atomic mass is 127. The summed E-state index contributed by atoms with van der Waals surface area (Å²) in [5, 5.41) is 9.19. The number of hydrogen-bond donors (Lipinski definition) is 2. The van der Waals surface area contributed by atoms with E-state index in [0.29, 0.717) is 3.57 Å². The molecule has 0 aliphatic heterocycles. The first-order valence-electron chi connectivity index (χ1n) is 3.63. The molecule has 3 N–H and O–H groups in total. The van der Waals surface area contributed by atoms with Crippen LogP contribution in [0.3, 0.4) is 0 Å². The summed E-state index contributed by atoms with van der Waals surface area (Å²) in [7, 11) is 0. The standard InChI is InChI=1S/C8H7F3INO/c9-8(10,11)7(13)5-3-4(12)1-2-6(5)14/h1-3,7,14H,13H2/t7-/m0/s1. The van der Waals surface area contributed by atoms with E-state index in [0.717, 1.165) is 0 Å². The second-order valence-corrected chi connectivity index (χ2v) is 3.97. The maximum absolute atomic E-state index is 12.2. The van der Waals surface area contributed by atoms with Crippen molar-refractivity contribution in [3.8, 4) is 5.75 Å². The van der Waals surface area contributed by atoms with Crippen LogP contribution in [0, 0.1) is 3.57 Å². The summed E-state index contributed by atoms with van der Waals surface area (Å²) in [6.45, 7) is 0. The Labute approximate surface area is 92.1 Å². The number of alkyl halides is 3. The van der Waals surface area contributed by atoms with E-state index in [9.17, 15) is 18.3 Å². The Bertz CT molecular complexity index is 340. The monoisotopic (exact) mass is 317 g/mol. The first-order chi connectivity index (χ1) is 6.32. The van der Waals surface area contributed by atoms with Gasteiger partial charge in [-0.1, -0.05) is 0 Å². The highest BCUT2D eigenvalue weighted by Gasteiger charge is 2.39.